The van der Waals surface area contributed by atoms with Crippen LogP contribution in [0.2, 0.25) is 5.02 Å². The van der Waals surface area contributed by atoms with Crippen LogP contribution in [0.3, 0.4) is 0 Å². The second-order valence-corrected chi connectivity index (χ2v) is 10.7. The Morgan fingerprint density at radius 2 is 2.19 bits per heavy atom. The second-order valence-electron chi connectivity index (χ2n) is 9.46. The molecule has 2 aliphatic rings. The molecule has 2 aromatic rings. The van der Waals surface area contributed by atoms with Gasteiger partial charge in [0.1, 0.15) is 11.9 Å². The molecule has 3 heterocycles. The summed E-state index contributed by atoms with van der Waals surface area (Å²) < 4.78 is 25.2. The number of morpholine rings is 1. The van der Waals surface area contributed by atoms with Gasteiger partial charge >= 0.3 is 11.9 Å². The highest BCUT2D eigenvalue weighted by molar-refractivity contribution is 7.11. The zero-order valence-corrected chi connectivity index (χ0v) is 22.2. The van der Waals surface area contributed by atoms with Gasteiger partial charge in [0, 0.05) is 42.0 Å². The van der Waals surface area contributed by atoms with Gasteiger partial charge in [0.25, 0.3) is 0 Å². The highest BCUT2D eigenvalue weighted by Gasteiger charge is 2.38. The molecule has 2 aliphatic heterocycles. The standard InChI is InChI=1S/C25H28ClFN4O5S/c1-25(2,24(33)34)11-14-13-36-9-8-31(14)12-17-18(23(32)35-3)20(15-5-4-6-16(27)19(15)26)30-21(29-17)22-28-7-10-37-22/h4-7,10,14,20H,8-9,11-13H2,1-3H3,(H,29,30)(H,33,34)/t14?,20-/m0/s1. The van der Waals surface area contributed by atoms with E-state index in [1.54, 1.807) is 31.5 Å². The number of nitrogens with one attached hydrogen (secondary N) is 1. The third-order valence-corrected chi connectivity index (χ3v) is 7.66. The fraction of sp³-hybridized carbons (Fsp3) is 0.440. The number of carboxylic acids is 1. The number of rotatable bonds is 8. The maximum absolute atomic E-state index is 14.4. The molecule has 0 amide bonds. The van der Waals surface area contributed by atoms with E-state index in [1.807, 2.05) is 0 Å². The molecule has 1 unspecified atom stereocenters. The summed E-state index contributed by atoms with van der Waals surface area (Å²) in [6.07, 6.45) is 1.98. The molecule has 198 valence electrons. The molecule has 0 saturated carbocycles. The van der Waals surface area contributed by atoms with Gasteiger partial charge < -0.3 is 19.9 Å². The molecule has 1 aromatic heterocycles. The number of carbonyl (C=O) groups is 2. The summed E-state index contributed by atoms with van der Waals surface area (Å²) in [7, 11) is 1.27. The van der Waals surface area contributed by atoms with Crippen molar-refractivity contribution in [3.8, 4) is 0 Å². The third-order valence-electron chi connectivity index (χ3n) is 6.48. The zero-order chi connectivity index (χ0) is 26.7. The quantitative estimate of drug-likeness (QED) is 0.479. The Labute approximate surface area is 223 Å². The number of nitrogens with zero attached hydrogens (tertiary/aromatic N) is 3. The molecule has 2 atom stereocenters. The maximum Gasteiger partial charge on any atom is 0.338 e. The van der Waals surface area contributed by atoms with E-state index >= 15 is 0 Å². The molecule has 2 N–H and O–H groups in total. The number of carboxylic acid groups (broad SMARTS) is 1. The van der Waals surface area contributed by atoms with Gasteiger partial charge in [-0.05, 0) is 26.3 Å². The van der Waals surface area contributed by atoms with E-state index < -0.39 is 29.2 Å². The van der Waals surface area contributed by atoms with E-state index in [1.165, 1.54) is 30.6 Å². The molecule has 37 heavy (non-hydrogen) atoms. The molecular weight excluding hydrogens is 523 g/mol. The lowest BCUT2D eigenvalue weighted by atomic mass is 9.85. The molecule has 9 nitrogen and oxygen atoms in total. The van der Waals surface area contributed by atoms with Crippen LogP contribution in [-0.2, 0) is 19.1 Å². The Bertz CT molecular complexity index is 1230. The summed E-state index contributed by atoms with van der Waals surface area (Å²) in [6.45, 7) is 4.93. The van der Waals surface area contributed by atoms with Crippen molar-refractivity contribution in [3.63, 3.8) is 0 Å². The molecule has 1 aromatic carbocycles. The first kappa shape index (κ1) is 27.2. The minimum Gasteiger partial charge on any atom is -0.481 e. The molecule has 12 heteroatoms. The lowest BCUT2D eigenvalue weighted by molar-refractivity contribution is -0.149. The number of carbonyl (C=O) groups excluding carboxylic acids is 1. The van der Waals surface area contributed by atoms with Crippen molar-refractivity contribution in [1.82, 2.24) is 15.2 Å². The minimum atomic E-state index is -0.978. The second kappa shape index (κ2) is 11.3. The molecule has 1 fully saturated rings. The molecule has 0 bridgehead atoms. The molecule has 1 saturated heterocycles. The van der Waals surface area contributed by atoms with E-state index in [9.17, 15) is 19.1 Å². The molecule has 4 rings (SSSR count). The number of aromatic nitrogens is 1. The molecule has 0 radical (unpaired) electrons. The average Bonchev–Trinajstić information content (AvgIpc) is 3.41. The smallest absolute Gasteiger partial charge is 0.338 e. The van der Waals surface area contributed by atoms with Gasteiger partial charge in [0.2, 0.25) is 0 Å². The van der Waals surface area contributed by atoms with Crippen LogP contribution in [0.1, 0.15) is 36.9 Å². The fourth-order valence-electron chi connectivity index (χ4n) is 4.44. The van der Waals surface area contributed by atoms with E-state index in [0.717, 1.165) is 0 Å². The first-order valence-electron chi connectivity index (χ1n) is 11.7. The van der Waals surface area contributed by atoms with E-state index in [2.05, 4.69) is 15.2 Å². The van der Waals surface area contributed by atoms with E-state index in [-0.39, 0.29) is 23.2 Å². The van der Waals surface area contributed by atoms with Crippen LogP contribution in [0, 0.1) is 11.2 Å². The lowest BCUT2D eigenvalue weighted by Crippen LogP contribution is -2.51. The number of methoxy groups -OCH3 is 1. The van der Waals surface area contributed by atoms with Gasteiger partial charge in [-0.2, -0.15) is 0 Å². The SMILES string of the molecule is COC(=O)C1=C(CN2CCOCC2CC(C)(C)C(=O)O)NC(c2nccs2)=N[C@H]1c1cccc(F)c1Cl. The normalized spacial score (nSPS) is 20.8. The number of hydrogen-bond acceptors (Lipinski definition) is 9. The maximum atomic E-state index is 14.4. The number of halogens is 2. The number of hydrogen-bond donors (Lipinski definition) is 2. The van der Waals surface area contributed by atoms with Crippen molar-refractivity contribution in [2.24, 2.45) is 10.4 Å². The van der Waals surface area contributed by atoms with Crippen LogP contribution in [0.25, 0.3) is 0 Å². The Morgan fingerprint density at radius 3 is 2.86 bits per heavy atom. The van der Waals surface area contributed by atoms with Crippen LogP contribution in [-0.4, -0.2) is 72.2 Å². The van der Waals surface area contributed by atoms with Gasteiger partial charge in [-0.3, -0.25) is 14.7 Å². The Morgan fingerprint density at radius 1 is 1.41 bits per heavy atom. The highest BCUT2D eigenvalue weighted by Crippen LogP contribution is 2.38. The first-order chi connectivity index (χ1) is 17.6. The number of aliphatic carboxylic acids is 1. The monoisotopic (exact) mass is 550 g/mol. The number of amidine groups is 1. The lowest BCUT2D eigenvalue weighted by Gasteiger charge is -2.40. The average molecular weight is 551 g/mol. The van der Waals surface area contributed by atoms with Gasteiger partial charge in [-0.15, -0.1) is 11.3 Å². The first-order valence-corrected chi connectivity index (χ1v) is 12.9. The van der Waals surface area contributed by atoms with Crippen molar-refractivity contribution in [1.29, 1.82) is 0 Å². The van der Waals surface area contributed by atoms with Gasteiger partial charge in [-0.1, -0.05) is 23.7 Å². The van der Waals surface area contributed by atoms with Crippen LogP contribution in [0.5, 0.6) is 0 Å². The van der Waals surface area contributed by atoms with Crippen LogP contribution < -0.4 is 5.32 Å². The van der Waals surface area contributed by atoms with Gasteiger partial charge in [0.15, 0.2) is 10.8 Å². The number of thiazole rings is 1. The minimum absolute atomic E-state index is 0.134. The topological polar surface area (TPSA) is 113 Å². The zero-order valence-electron chi connectivity index (χ0n) is 20.7. The third kappa shape index (κ3) is 5.85. The fourth-order valence-corrected chi connectivity index (χ4v) is 5.26. The summed E-state index contributed by atoms with van der Waals surface area (Å²) in [6, 6.07) is 3.21. The Hall–Kier alpha value is -2.86. The summed E-state index contributed by atoms with van der Waals surface area (Å²) in [5, 5.41) is 15.2. The molecule has 0 spiro atoms. The van der Waals surface area contributed by atoms with Gasteiger partial charge in [-0.25, -0.2) is 14.2 Å². The summed E-state index contributed by atoms with van der Waals surface area (Å²) in [4.78, 5) is 36.1. The molecular formula is C25H28ClFN4O5S. The number of aliphatic imine (C=N–C) groups is 1. The predicted molar refractivity (Wildman–Crippen MR) is 137 cm³/mol. The summed E-state index contributed by atoms with van der Waals surface area (Å²) in [5.41, 5.74) is 0.0324. The van der Waals surface area contributed by atoms with Crippen LogP contribution >= 0.6 is 22.9 Å². The van der Waals surface area contributed by atoms with Crippen molar-refractivity contribution in [2.75, 3.05) is 33.4 Å². The van der Waals surface area contributed by atoms with E-state index in [4.69, 9.17) is 26.1 Å². The molecule has 0 aliphatic carbocycles. The number of benzene rings is 1. The van der Waals surface area contributed by atoms with Crippen LogP contribution in [0.15, 0.2) is 46.0 Å². The Kier molecular flexibility index (Phi) is 8.27. The number of ether oxygens (including phenoxy) is 2. The van der Waals surface area contributed by atoms with Crippen molar-refractivity contribution < 1.29 is 28.6 Å². The van der Waals surface area contributed by atoms with E-state index in [0.29, 0.717) is 48.3 Å². The predicted octanol–water partition coefficient (Wildman–Crippen LogP) is 3.66. The highest BCUT2D eigenvalue weighted by atomic mass is 35.5. The van der Waals surface area contributed by atoms with Crippen LogP contribution in [0.4, 0.5) is 4.39 Å². The summed E-state index contributed by atoms with van der Waals surface area (Å²) in [5.74, 6) is -1.75. The van der Waals surface area contributed by atoms with Gasteiger partial charge in [0.05, 0.1) is 36.3 Å². The van der Waals surface area contributed by atoms with Crippen molar-refractivity contribution in [2.45, 2.75) is 32.4 Å². The number of esters is 1. The summed E-state index contributed by atoms with van der Waals surface area (Å²) >= 11 is 7.70. The largest absolute Gasteiger partial charge is 0.481 e. The van der Waals surface area contributed by atoms with Crippen molar-refractivity contribution in [3.05, 3.63) is 62.5 Å². The van der Waals surface area contributed by atoms with Crippen molar-refractivity contribution >= 4 is 40.7 Å². The Balaban J connectivity index is 1.78.